The van der Waals surface area contributed by atoms with Gasteiger partial charge in [-0.05, 0) is 36.1 Å². The largest absolute Gasteiger partial charge is 0.497 e. The van der Waals surface area contributed by atoms with E-state index in [4.69, 9.17) is 4.74 Å². The molecule has 0 spiro atoms. The van der Waals surface area contributed by atoms with Crippen molar-refractivity contribution in [2.75, 3.05) is 33.3 Å². The number of carbonyl (C=O) groups is 2. The Morgan fingerprint density at radius 1 is 1.15 bits per heavy atom. The predicted molar refractivity (Wildman–Crippen MR) is 106 cm³/mol. The third kappa shape index (κ3) is 5.08. The molecule has 144 valence electrons. The maximum Gasteiger partial charge on any atom is 0.261 e. The normalized spacial score (nSPS) is 16.0. The SMILES string of the molecule is COc1ccc(CN2CCN(C(=O)C(C)NC(=O)c3cccs3)CC2)cc1. The van der Waals surface area contributed by atoms with E-state index in [-0.39, 0.29) is 11.8 Å². The number of hydrogen-bond acceptors (Lipinski definition) is 5. The van der Waals surface area contributed by atoms with Crippen molar-refractivity contribution in [3.63, 3.8) is 0 Å². The molecule has 1 fully saturated rings. The maximum absolute atomic E-state index is 12.6. The van der Waals surface area contributed by atoms with Crippen LogP contribution in [0.3, 0.4) is 0 Å². The van der Waals surface area contributed by atoms with Gasteiger partial charge in [0.25, 0.3) is 5.91 Å². The van der Waals surface area contributed by atoms with Crippen molar-refractivity contribution in [2.45, 2.75) is 19.5 Å². The second-order valence-corrected chi connectivity index (χ2v) is 7.57. The van der Waals surface area contributed by atoms with Crippen LogP contribution >= 0.6 is 11.3 Å². The molecule has 0 bridgehead atoms. The van der Waals surface area contributed by atoms with Crippen LogP contribution in [-0.4, -0.2) is 60.9 Å². The Bertz CT molecular complexity index is 753. The molecule has 1 unspecified atom stereocenters. The number of amides is 2. The smallest absolute Gasteiger partial charge is 0.261 e. The molecule has 0 radical (unpaired) electrons. The van der Waals surface area contributed by atoms with Crippen molar-refractivity contribution < 1.29 is 14.3 Å². The van der Waals surface area contributed by atoms with Gasteiger partial charge in [-0.3, -0.25) is 14.5 Å². The van der Waals surface area contributed by atoms with Gasteiger partial charge in [-0.15, -0.1) is 11.3 Å². The molecule has 2 amide bonds. The van der Waals surface area contributed by atoms with E-state index < -0.39 is 6.04 Å². The number of rotatable bonds is 6. The quantitative estimate of drug-likeness (QED) is 0.826. The summed E-state index contributed by atoms with van der Waals surface area (Å²) < 4.78 is 5.19. The number of nitrogens with zero attached hydrogens (tertiary/aromatic N) is 2. The first kappa shape index (κ1) is 19.4. The summed E-state index contributed by atoms with van der Waals surface area (Å²) in [4.78, 5) is 29.5. The van der Waals surface area contributed by atoms with Crippen LogP contribution in [0.15, 0.2) is 41.8 Å². The van der Waals surface area contributed by atoms with Crippen molar-refractivity contribution in [3.8, 4) is 5.75 Å². The Hall–Kier alpha value is -2.38. The van der Waals surface area contributed by atoms with Gasteiger partial charge >= 0.3 is 0 Å². The number of hydrogen-bond donors (Lipinski definition) is 1. The highest BCUT2D eigenvalue weighted by Gasteiger charge is 2.26. The van der Waals surface area contributed by atoms with E-state index in [1.165, 1.54) is 16.9 Å². The Morgan fingerprint density at radius 2 is 1.85 bits per heavy atom. The standard InChI is InChI=1S/C20H25N3O3S/c1-15(21-19(24)18-4-3-13-27-18)20(25)23-11-9-22(10-12-23)14-16-5-7-17(26-2)8-6-16/h3-8,13,15H,9-12,14H2,1-2H3,(H,21,24). The summed E-state index contributed by atoms with van der Waals surface area (Å²) in [5, 5.41) is 4.65. The molecule has 2 aromatic rings. The second-order valence-electron chi connectivity index (χ2n) is 6.62. The second kappa shape index (κ2) is 9.01. The van der Waals surface area contributed by atoms with E-state index in [1.54, 1.807) is 20.1 Å². The Labute approximate surface area is 163 Å². The van der Waals surface area contributed by atoms with Crippen LogP contribution in [0.4, 0.5) is 0 Å². The zero-order valence-electron chi connectivity index (χ0n) is 15.7. The van der Waals surface area contributed by atoms with Crippen molar-refractivity contribution in [2.24, 2.45) is 0 Å². The van der Waals surface area contributed by atoms with Crippen molar-refractivity contribution in [1.82, 2.24) is 15.1 Å². The lowest BCUT2D eigenvalue weighted by Gasteiger charge is -2.36. The summed E-state index contributed by atoms with van der Waals surface area (Å²) in [5.41, 5.74) is 1.23. The van der Waals surface area contributed by atoms with Gasteiger partial charge in [0.15, 0.2) is 0 Å². The molecule has 0 aliphatic carbocycles. The summed E-state index contributed by atoms with van der Waals surface area (Å²) in [7, 11) is 1.66. The highest BCUT2D eigenvalue weighted by Crippen LogP contribution is 2.15. The molecule has 6 nitrogen and oxygen atoms in total. The number of thiophene rings is 1. The summed E-state index contributed by atoms with van der Waals surface area (Å²) in [5.74, 6) is 0.640. The van der Waals surface area contributed by atoms with Gasteiger partial charge in [-0.25, -0.2) is 0 Å². The molecular formula is C20H25N3O3S. The van der Waals surface area contributed by atoms with Gasteiger partial charge in [-0.2, -0.15) is 0 Å². The van der Waals surface area contributed by atoms with Crippen LogP contribution in [0, 0.1) is 0 Å². The minimum Gasteiger partial charge on any atom is -0.497 e. The highest BCUT2D eigenvalue weighted by atomic mass is 32.1. The monoisotopic (exact) mass is 387 g/mol. The third-order valence-corrected chi connectivity index (χ3v) is 5.58. The van der Waals surface area contributed by atoms with Crippen LogP contribution in [0.1, 0.15) is 22.2 Å². The van der Waals surface area contributed by atoms with E-state index in [0.29, 0.717) is 18.0 Å². The topological polar surface area (TPSA) is 61.9 Å². The van der Waals surface area contributed by atoms with E-state index in [0.717, 1.165) is 25.4 Å². The van der Waals surface area contributed by atoms with Crippen LogP contribution in [0.25, 0.3) is 0 Å². The highest BCUT2D eigenvalue weighted by molar-refractivity contribution is 7.12. The number of methoxy groups -OCH3 is 1. The minimum atomic E-state index is -0.521. The third-order valence-electron chi connectivity index (χ3n) is 4.71. The molecule has 1 atom stereocenters. The van der Waals surface area contributed by atoms with Gasteiger partial charge in [0.2, 0.25) is 5.91 Å². The molecule has 0 saturated carbocycles. The maximum atomic E-state index is 12.6. The summed E-state index contributed by atoms with van der Waals surface area (Å²) >= 11 is 1.37. The number of ether oxygens (including phenoxy) is 1. The van der Waals surface area contributed by atoms with Gasteiger partial charge in [0, 0.05) is 32.7 Å². The Morgan fingerprint density at radius 3 is 2.44 bits per heavy atom. The van der Waals surface area contributed by atoms with E-state index in [1.807, 2.05) is 28.5 Å². The molecule has 1 aliphatic heterocycles. The average molecular weight is 388 g/mol. The van der Waals surface area contributed by atoms with Crippen molar-refractivity contribution >= 4 is 23.2 Å². The Balaban J connectivity index is 1.46. The van der Waals surface area contributed by atoms with E-state index in [2.05, 4.69) is 22.3 Å². The molecule has 1 saturated heterocycles. The molecule has 2 heterocycles. The lowest BCUT2D eigenvalue weighted by molar-refractivity contribution is -0.134. The van der Waals surface area contributed by atoms with Gasteiger partial charge in [-0.1, -0.05) is 18.2 Å². The van der Waals surface area contributed by atoms with Gasteiger partial charge in [0.1, 0.15) is 11.8 Å². The van der Waals surface area contributed by atoms with Crippen molar-refractivity contribution in [3.05, 3.63) is 52.2 Å². The van der Waals surface area contributed by atoms with Gasteiger partial charge in [0.05, 0.1) is 12.0 Å². The minimum absolute atomic E-state index is 0.0241. The number of carbonyl (C=O) groups excluding carboxylic acids is 2. The van der Waals surface area contributed by atoms with Crippen LogP contribution in [0.5, 0.6) is 5.75 Å². The summed E-state index contributed by atoms with van der Waals surface area (Å²) in [6.45, 7) is 5.60. The first-order chi connectivity index (χ1) is 13.1. The number of piperazine rings is 1. The van der Waals surface area contributed by atoms with Crippen LogP contribution in [-0.2, 0) is 11.3 Å². The van der Waals surface area contributed by atoms with Crippen LogP contribution in [0.2, 0.25) is 0 Å². The van der Waals surface area contributed by atoms with E-state index in [9.17, 15) is 9.59 Å². The van der Waals surface area contributed by atoms with Crippen LogP contribution < -0.4 is 10.1 Å². The number of nitrogens with one attached hydrogen (secondary N) is 1. The summed E-state index contributed by atoms with van der Waals surface area (Å²) in [6, 6.07) is 11.1. The molecule has 1 N–H and O–H groups in total. The fourth-order valence-corrected chi connectivity index (χ4v) is 3.75. The molecule has 27 heavy (non-hydrogen) atoms. The number of benzene rings is 1. The molecule has 3 rings (SSSR count). The van der Waals surface area contributed by atoms with Crippen molar-refractivity contribution in [1.29, 1.82) is 0 Å². The first-order valence-corrected chi connectivity index (χ1v) is 9.93. The Kier molecular flexibility index (Phi) is 6.47. The predicted octanol–water partition coefficient (Wildman–Crippen LogP) is 2.22. The average Bonchev–Trinajstić information content (AvgIpc) is 3.23. The zero-order chi connectivity index (χ0) is 19.2. The molecule has 1 aromatic carbocycles. The molecular weight excluding hydrogens is 362 g/mol. The lowest BCUT2D eigenvalue weighted by Crippen LogP contribution is -2.53. The molecule has 1 aliphatic rings. The van der Waals surface area contributed by atoms with Gasteiger partial charge < -0.3 is 15.0 Å². The first-order valence-electron chi connectivity index (χ1n) is 9.05. The summed E-state index contributed by atoms with van der Waals surface area (Å²) in [6.07, 6.45) is 0. The zero-order valence-corrected chi connectivity index (χ0v) is 16.5. The fourth-order valence-electron chi connectivity index (χ4n) is 3.13. The van der Waals surface area contributed by atoms with E-state index >= 15 is 0 Å². The molecule has 7 heteroatoms. The fraction of sp³-hybridized carbons (Fsp3) is 0.400. The lowest BCUT2D eigenvalue weighted by atomic mass is 10.2. The molecule has 1 aromatic heterocycles.